The van der Waals surface area contributed by atoms with E-state index in [1.165, 1.54) is 12.1 Å². The molecule has 1 aromatic carbocycles. The molecule has 0 amide bonds. The first-order valence-corrected chi connectivity index (χ1v) is 12.0. The van der Waals surface area contributed by atoms with E-state index < -0.39 is 30.9 Å². The van der Waals surface area contributed by atoms with Crippen molar-refractivity contribution in [2.45, 2.75) is 13.8 Å². The average molecular weight is 386 g/mol. The minimum Gasteiger partial charge on any atom is -1.00 e. The van der Waals surface area contributed by atoms with Gasteiger partial charge in [-0.2, -0.15) is 0 Å². The molecule has 1 rings (SSSR count). The minimum absolute atomic E-state index is 0. The van der Waals surface area contributed by atoms with Gasteiger partial charge in [0.25, 0.3) is 0 Å². The summed E-state index contributed by atoms with van der Waals surface area (Å²) in [5.74, 6) is -1.10. The Labute approximate surface area is 159 Å². The van der Waals surface area contributed by atoms with Gasteiger partial charge in [0.1, 0.15) is 0 Å². The number of rotatable bonds is 3. The molecule has 108 valence electrons. The van der Waals surface area contributed by atoms with Crippen LogP contribution in [0.2, 0.25) is 0 Å². The van der Waals surface area contributed by atoms with Gasteiger partial charge in [0.2, 0.25) is 0 Å². The van der Waals surface area contributed by atoms with Gasteiger partial charge in [-0.25, -0.2) is 34.7 Å². The molecule has 0 bridgehead atoms. The number of halogens is 3. The van der Waals surface area contributed by atoms with Crippen LogP contribution >= 0.6 is 37.7 Å². The molecule has 1 atom stereocenters. The summed E-state index contributed by atoms with van der Waals surface area (Å²) in [6.45, 7) is 3.21. The third-order valence-electron chi connectivity index (χ3n) is 1.77. The van der Waals surface area contributed by atoms with Gasteiger partial charge in [-0.15, -0.1) is 0 Å². The summed E-state index contributed by atoms with van der Waals surface area (Å²) in [6, 6.07) is 7.85. The zero-order chi connectivity index (χ0) is 15.1. The standard InChI is InChI=1S/C10H13O4P.Al.3ClH.Na.H/c1-8(2)10(11)14-15(12,13)9-6-4-3-5-7-9;;;;;;/h3-8H,1-2H3,(H,12,13);;3*1H;;/q;+3;;;;+1;-1/p-3. The van der Waals surface area contributed by atoms with Gasteiger partial charge in [-0.3, -0.25) is 4.79 Å². The maximum atomic E-state index is 11.6. The summed E-state index contributed by atoms with van der Waals surface area (Å²) >= 11 is -1.72. The first-order valence-electron chi connectivity index (χ1n) is 5.21. The Balaban J connectivity index is -0.000000482. The fourth-order valence-corrected chi connectivity index (χ4v) is 2.01. The van der Waals surface area contributed by atoms with Crippen LogP contribution in [0.5, 0.6) is 0 Å². The molecule has 0 saturated carbocycles. The number of hydrogen-bond donors (Lipinski definition) is 1. The Morgan fingerprint density at radius 3 is 2.05 bits per heavy atom. The van der Waals surface area contributed by atoms with Crippen molar-refractivity contribution >= 4 is 60.4 Å². The van der Waals surface area contributed by atoms with Gasteiger partial charge in [0.05, 0.1) is 11.2 Å². The van der Waals surface area contributed by atoms with Crippen LogP contribution in [0.25, 0.3) is 0 Å². The van der Waals surface area contributed by atoms with Crippen LogP contribution in [0.4, 0.5) is 0 Å². The summed E-state index contributed by atoms with van der Waals surface area (Å²) in [5.41, 5.74) is 0. The molecule has 20 heavy (non-hydrogen) atoms. The Kier molecular flexibility index (Phi) is 13.9. The Bertz CT molecular complexity index is 450. The molecule has 0 spiro atoms. The first kappa shape index (κ1) is 23.5. The molecule has 1 N–H and O–H groups in total. The van der Waals surface area contributed by atoms with Gasteiger partial charge in [-0.1, -0.05) is 32.0 Å². The summed E-state index contributed by atoms with van der Waals surface area (Å²) in [6.07, 6.45) is 0. The summed E-state index contributed by atoms with van der Waals surface area (Å²) in [5, 5.41) is 0.124. The van der Waals surface area contributed by atoms with E-state index in [-0.39, 0.29) is 36.3 Å². The predicted octanol–water partition coefficient (Wildman–Crippen LogP) is 0.501. The fourth-order valence-electron chi connectivity index (χ4n) is 0.896. The second kappa shape index (κ2) is 11.8. The maximum absolute atomic E-state index is 11.6. The topological polar surface area (TPSA) is 63.6 Å². The molecule has 0 aliphatic rings. The number of benzene rings is 1. The van der Waals surface area contributed by atoms with Crippen molar-refractivity contribution in [3.63, 3.8) is 0 Å². The fraction of sp³-hybridized carbons (Fsp3) is 0.300. The van der Waals surface area contributed by atoms with E-state index in [2.05, 4.69) is 4.52 Å². The van der Waals surface area contributed by atoms with Crippen molar-refractivity contribution in [1.29, 1.82) is 0 Å². The monoisotopic (exact) mass is 384 g/mol. The molecule has 4 nitrogen and oxygen atoms in total. The molecule has 1 aromatic rings. The average Bonchev–Trinajstić information content (AvgIpc) is 2.28. The SMILES string of the molecule is CC(C)C(=O)OP(=O)(O)c1ccccc1.[Cl][Al]([Cl])[Cl].[H-].[Na+]. The largest absolute Gasteiger partial charge is 1.00 e. The summed E-state index contributed by atoms with van der Waals surface area (Å²) < 4.78 is 16.2. The maximum Gasteiger partial charge on any atom is 1.00 e. The summed E-state index contributed by atoms with van der Waals surface area (Å²) in [7, 11) is 10.8. The second-order valence-electron chi connectivity index (χ2n) is 3.67. The second-order valence-corrected chi connectivity index (χ2v) is 11.8. The van der Waals surface area contributed by atoms with E-state index in [0.717, 1.165) is 0 Å². The van der Waals surface area contributed by atoms with Gasteiger partial charge < -0.3 is 10.8 Å². The van der Waals surface area contributed by atoms with Crippen molar-refractivity contribution < 1.29 is 49.8 Å². The van der Waals surface area contributed by atoms with Crippen LogP contribution in [0.3, 0.4) is 0 Å². The molecule has 0 aliphatic carbocycles. The number of carbonyl (C=O) groups excluding carboxylic acids is 1. The van der Waals surface area contributed by atoms with Crippen molar-refractivity contribution in [2.75, 3.05) is 0 Å². The van der Waals surface area contributed by atoms with Crippen LogP contribution in [0, 0.1) is 5.92 Å². The van der Waals surface area contributed by atoms with E-state index in [4.69, 9.17) is 30.1 Å². The van der Waals surface area contributed by atoms with Crippen molar-refractivity contribution in [1.82, 2.24) is 0 Å². The molecule has 0 aromatic heterocycles. The zero-order valence-corrected chi connectivity index (χ0v) is 17.6. The molecule has 10 heteroatoms. The van der Waals surface area contributed by atoms with E-state index in [9.17, 15) is 14.3 Å². The van der Waals surface area contributed by atoms with E-state index in [1.54, 1.807) is 32.0 Å². The zero-order valence-electron chi connectivity index (χ0n) is 12.3. The van der Waals surface area contributed by atoms with Crippen LogP contribution in [-0.2, 0) is 13.9 Å². The molecular formula is C10H14AlCl3NaO4P. The summed E-state index contributed by atoms with van der Waals surface area (Å²) in [4.78, 5) is 20.7. The van der Waals surface area contributed by atoms with Crippen molar-refractivity contribution in [2.24, 2.45) is 5.92 Å². The molecule has 0 saturated heterocycles. The van der Waals surface area contributed by atoms with E-state index in [1.807, 2.05) is 0 Å². The van der Waals surface area contributed by atoms with Crippen molar-refractivity contribution in [3.8, 4) is 0 Å². The van der Waals surface area contributed by atoms with Gasteiger partial charge in [0.15, 0.2) is 0 Å². The first-order chi connectivity index (χ1) is 8.66. The Morgan fingerprint density at radius 1 is 1.30 bits per heavy atom. The quantitative estimate of drug-likeness (QED) is 0.608. The molecule has 0 heterocycles. The minimum atomic E-state index is -4.00. The molecule has 1 unspecified atom stereocenters. The predicted molar refractivity (Wildman–Crippen MR) is 81.3 cm³/mol. The third-order valence-corrected chi connectivity index (χ3v) is 3.15. The molecule has 0 fully saturated rings. The smallest absolute Gasteiger partial charge is 1.00 e. The normalized spacial score (nSPS) is 12.3. The van der Waals surface area contributed by atoms with Crippen molar-refractivity contribution in [3.05, 3.63) is 30.3 Å². The van der Waals surface area contributed by atoms with Gasteiger partial charge in [-0.05, 0) is 12.1 Å². The Morgan fingerprint density at radius 2 is 1.70 bits per heavy atom. The van der Waals surface area contributed by atoms with E-state index >= 15 is 0 Å². The van der Waals surface area contributed by atoms with Crippen LogP contribution in [0.1, 0.15) is 15.3 Å². The number of carbonyl (C=O) groups is 1. The molecular weight excluding hydrogens is 371 g/mol. The third kappa shape index (κ3) is 10.9. The molecule has 0 aliphatic heterocycles. The van der Waals surface area contributed by atoms with E-state index in [0.29, 0.717) is 0 Å². The molecule has 0 radical (unpaired) electrons. The van der Waals surface area contributed by atoms with Gasteiger partial charge in [0, 0.05) is 0 Å². The Hall–Kier alpha value is 1.28. The van der Waals surface area contributed by atoms with Gasteiger partial charge >= 0.3 is 54.5 Å². The number of hydrogen-bond acceptors (Lipinski definition) is 3. The van der Waals surface area contributed by atoms with Crippen LogP contribution in [-0.4, -0.2) is 22.2 Å². The van der Waals surface area contributed by atoms with Crippen LogP contribution < -0.4 is 34.9 Å². The van der Waals surface area contributed by atoms with Crippen LogP contribution in [0.15, 0.2) is 30.3 Å².